The van der Waals surface area contributed by atoms with Crippen molar-refractivity contribution in [1.82, 2.24) is 4.90 Å². The zero-order valence-electron chi connectivity index (χ0n) is 12.1. The van der Waals surface area contributed by atoms with E-state index in [0.29, 0.717) is 12.8 Å². The SMILES string of the molecule is O=C(O)CC1CN(C(=O)C2CCCCC2C(F)(F)F)CCO1. The quantitative estimate of drug-likeness (QED) is 0.863. The second-order valence-electron chi connectivity index (χ2n) is 5.91. The Labute approximate surface area is 126 Å². The highest BCUT2D eigenvalue weighted by Crippen LogP contribution is 2.42. The van der Waals surface area contributed by atoms with E-state index >= 15 is 0 Å². The first-order chi connectivity index (χ1) is 10.3. The van der Waals surface area contributed by atoms with Gasteiger partial charge in [0.2, 0.25) is 5.91 Å². The molecule has 3 unspecified atom stereocenters. The molecular formula is C14H20F3NO4. The maximum absolute atomic E-state index is 13.1. The number of carbonyl (C=O) groups is 2. The van der Waals surface area contributed by atoms with Crippen molar-refractivity contribution < 1.29 is 32.6 Å². The lowest BCUT2D eigenvalue weighted by molar-refractivity contribution is -0.202. The standard InChI is InChI=1S/C14H20F3NO4/c15-14(16,17)11-4-2-1-3-10(11)13(21)18-5-6-22-9(8-18)7-12(19)20/h9-11H,1-8H2,(H,19,20). The monoisotopic (exact) mass is 323 g/mol. The van der Waals surface area contributed by atoms with Crippen LogP contribution in [0.15, 0.2) is 0 Å². The Morgan fingerprint density at radius 3 is 2.55 bits per heavy atom. The van der Waals surface area contributed by atoms with Gasteiger partial charge in [-0.05, 0) is 12.8 Å². The molecule has 1 N–H and O–H groups in total. The molecule has 0 aromatic heterocycles. The third-order valence-corrected chi connectivity index (χ3v) is 4.36. The van der Waals surface area contributed by atoms with Gasteiger partial charge in [-0.1, -0.05) is 12.8 Å². The van der Waals surface area contributed by atoms with Crippen molar-refractivity contribution in [1.29, 1.82) is 0 Å². The summed E-state index contributed by atoms with van der Waals surface area (Å²) < 4.78 is 44.5. The van der Waals surface area contributed by atoms with E-state index in [1.165, 1.54) is 4.90 Å². The van der Waals surface area contributed by atoms with Crippen LogP contribution in [-0.4, -0.2) is 53.9 Å². The van der Waals surface area contributed by atoms with Gasteiger partial charge in [0, 0.05) is 19.0 Å². The van der Waals surface area contributed by atoms with Gasteiger partial charge >= 0.3 is 12.1 Å². The van der Waals surface area contributed by atoms with Gasteiger partial charge in [-0.15, -0.1) is 0 Å². The van der Waals surface area contributed by atoms with E-state index in [4.69, 9.17) is 9.84 Å². The van der Waals surface area contributed by atoms with Crippen molar-refractivity contribution in [2.75, 3.05) is 19.7 Å². The zero-order chi connectivity index (χ0) is 16.3. The molecule has 0 spiro atoms. The number of halogens is 3. The first-order valence-electron chi connectivity index (χ1n) is 7.48. The minimum Gasteiger partial charge on any atom is -0.481 e. The molecule has 0 aromatic carbocycles. The third-order valence-electron chi connectivity index (χ3n) is 4.36. The molecule has 3 atom stereocenters. The maximum Gasteiger partial charge on any atom is 0.392 e. The van der Waals surface area contributed by atoms with Gasteiger partial charge in [-0.2, -0.15) is 13.2 Å². The van der Waals surface area contributed by atoms with Crippen LogP contribution in [0.1, 0.15) is 32.1 Å². The molecule has 1 saturated carbocycles. The van der Waals surface area contributed by atoms with E-state index < -0.39 is 36.0 Å². The summed E-state index contributed by atoms with van der Waals surface area (Å²) in [6.45, 7) is 0.426. The van der Waals surface area contributed by atoms with Crippen LogP contribution in [0, 0.1) is 11.8 Å². The number of rotatable bonds is 3. The molecule has 1 amide bonds. The van der Waals surface area contributed by atoms with Gasteiger partial charge in [0.25, 0.3) is 0 Å². The second kappa shape index (κ2) is 6.85. The minimum absolute atomic E-state index is 0.0111. The van der Waals surface area contributed by atoms with Gasteiger partial charge in [-0.3, -0.25) is 9.59 Å². The van der Waals surface area contributed by atoms with E-state index in [0.717, 1.165) is 0 Å². The fourth-order valence-electron chi connectivity index (χ4n) is 3.29. The summed E-state index contributed by atoms with van der Waals surface area (Å²) in [4.78, 5) is 24.5. The molecule has 0 aromatic rings. The Morgan fingerprint density at radius 1 is 1.23 bits per heavy atom. The topological polar surface area (TPSA) is 66.8 Å². The highest BCUT2D eigenvalue weighted by atomic mass is 19.4. The van der Waals surface area contributed by atoms with Crippen molar-refractivity contribution in [2.45, 2.75) is 44.4 Å². The molecule has 2 rings (SSSR count). The van der Waals surface area contributed by atoms with Gasteiger partial charge < -0.3 is 14.7 Å². The average Bonchev–Trinajstić information content (AvgIpc) is 2.45. The van der Waals surface area contributed by atoms with Crippen LogP contribution in [0.25, 0.3) is 0 Å². The number of ether oxygens (including phenoxy) is 1. The summed E-state index contributed by atoms with van der Waals surface area (Å²) in [7, 11) is 0. The second-order valence-corrected chi connectivity index (χ2v) is 5.91. The molecule has 1 aliphatic carbocycles. The average molecular weight is 323 g/mol. The molecule has 1 saturated heterocycles. The maximum atomic E-state index is 13.1. The molecular weight excluding hydrogens is 303 g/mol. The number of alkyl halides is 3. The molecule has 2 fully saturated rings. The first kappa shape index (κ1) is 17.1. The van der Waals surface area contributed by atoms with E-state index in [-0.39, 0.29) is 39.0 Å². The molecule has 0 radical (unpaired) electrons. The molecule has 1 aliphatic heterocycles. The lowest BCUT2D eigenvalue weighted by Gasteiger charge is -2.38. The Bertz CT molecular complexity index is 427. The number of hydrogen-bond donors (Lipinski definition) is 1. The molecule has 8 heteroatoms. The fraction of sp³-hybridized carbons (Fsp3) is 0.857. The summed E-state index contributed by atoms with van der Waals surface area (Å²) >= 11 is 0. The fourth-order valence-corrected chi connectivity index (χ4v) is 3.29. The van der Waals surface area contributed by atoms with E-state index in [1.807, 2.05) is 0 Å². The lowest BCUT2D eigenvalue weighted by Crippen LogP contribution is -2.51. The van der Waals surface area contributed by atoms with Gasteiger partial charge in [0.15, 0.2) is 0 Å². The molecule has 126 valence electrons. The number of morpholine rings is 1. The van der Waals surface area contributed by atoms with Crippen LogP contribution >= 0.6 is 0 Å². The molecule has 0 bridgehead atoms. The largest absolute Gasteiger partial charge is 0.481 e. The Morgan fingerprint density at radius 2 is 1.91 bits per heavy atom. The summed E-state index contributed by atoms with van der Waals surface area (Å²) in [5.41, 5.74) is 0. The van der Waals surface area contributed by atoms with Gasteiger partial charge in [0.05, 0.1) is 25.0 Å². The minimum atomic E-state index is -4.37. The van der Waals surface area contributed by atoms with Gasteiger partial charge in [-0.25, -0.2) is 0 Å². The number of carbonyl (C=O) groups excluding carboxylic acids is 1. The van der Waals surface area contributed by atoms with Crippen LogP contribution in [0.3, 0.4) is 0 Å². The predicted molar refractivity (Wildman–Crippen MR) is 70.1 cm³/mol. The molecule has 1 heterocycles. The number of nitrogens with zero attached hydrogens (tertiary/aromatic N) is 1. The van der Waals surface area contributed by atoms with Crippen molar-refractivity contribution >= 4 is 11.9 Å². The first-order valence-corrected chi connectivity index (χ1v) is 7.48. The van der Waals surface area contributed by atoms with Gasteiger partial charge in [0.1, 0.15) is 0 Å². The summed E-state index contributed by atoms with van der Waals surface area (Å²) in [5.74, 6) is -4.20. The Balaban J connectivity index is 2.03. The van der Waals surface area contributed by atoms with E-state index in [1.54, 1.807) is 0 Å². The van der Waals surface area contributed by atoms with E-state index in [9.17, 15) is 22.8 Å². The number of hydrogen-bond acceptors (Lipinski definition) is 3. The van der Waals surface area contributed by atoms with E-state index in [2.05, 4.69) is 0 Å². The van der Waals surface area contributed by atoms with Crippen molar-refractivity contribution in [2.24, 2.45) is 11.8 Å². The molecule has 2 aliphatic rings. The zero-order valence-corrected chi connectivity index (χ0v) is 12.1. The normalized spacial score (nSPS) is 30.1. The van der Waals surface area contributed by atoms with Crippen molar-refractivity contribution in [3.63, 3.8) is 0 Å². The van der Waals surface area contributed by atoms with Crippen LogP contribution in [0.5, 0.6) is 0 Å². The number of carboxylic acids is 1. The molecule has 22 heavy (non-hydrogen) atoms. The number of amides is 1. The van der Waals surface area contributed by atoms with Crippen LogP contribution < -0.4 is 0 Å². The Kier molecular flexibility index (Phi) is 5.31. The molecule has 5 nitrogen and oxygen atoms in total. The van der Waals surface area contributed by atoms with Crippen LogP contribution in [0.2, 0.25) is 0 Å². The number of aliphatic carboxylic acids is 1. The number of carboxylic acid groups (broad SMARTS) is 1. The van der Waals surface area contributed by atoms with Crippen LogP contribution in [-0.2, 0) is 14.3 Å². The summed E-state index contributed by atoms with van der Waals surface area (Å²) in [5, 5.41) is 8.76. The smallest absolute Gasteiger partial charge is 0.392 e. The highest BCUT2D eigenvalue weighted by molar-refractivity contribution is 5.79. The lowest BCUT2D eigenvalue weighted by atomic mass is 9.78. The van der Waals surface area contributed by atoms with Crippen molar-refractivity contribution in [3.8, 4) is 0 Å². The third kappa shape index (κ3) is 4.12. The predicted octanol–water partition coefficient (Wildman–Crippen LogP) is 2.06. The summed E-state index contributed by atoms with van der Waals surface area (Å²) in [6.07, 6.45) is -3.94. The summed E-state index contributed by atoms with van der Waals surface area (Å²) in [6, 6.07) is 0. The highest BCUT2D eigenvalue weighted by Gasteiger charge is 2.49. The van der Waals surface area contributed by atoms with Crippen LogP contribution in [0.4, 0.5) is 13.2 Å². The van der Waals surface area contributed by atoms with Crippen molar-refractivity contribution in [3.05, 3.63) is 0 Å². The Hall–Kier alpha value is -1.31.